The molecule has 5 rings (SSSR count). The van der Waals surface area contributed by atoms with Crippen molar-refractivity contribution in [2.24, 2.45) is 0 Å². The molecule has 9 nitrogen and oxygen atoms in total. The standard InChI is InChI=1S/C24H34N6O3S/c31-34(32,20-21-5-2-1-3-6-21)30-16-14-29(15-17-30)24-9-8-23(25-26-24)28-12-10-27(11-13-28)19-22-7-4-18-33-22/h1-3,5-6,8-9,22H,4,7,10-20H2. The molecule has 184 valence electrons. The van der Waals surface area contributed by atoms with Gasteiger partial charge in [-0.15, -0.1) is 10.2 Å². The first kappa shape index (κ1) is 23.5. The van der Waals surface area contributed by atoms with Crippen molar-refractivity contribution in [1.82, 2.24) is 19.4 Å². The van der Waals surface area contributed by atoms with Crippen molar-refractivity contribution < 1.29 is 13.2 Å². The van der Waals surface area contributed by atoms with Crippen molar-refractivity contribution in [3.63, 3.8) is 0 Å². The van der Waals surface area contributed by atoms with E-state index in [9.17, 15) is 8.42 Å². The number of benzene rings is 1. The van der Waals surface area contributed by atoms with Gasteiger partial charge in [-0.1, -0.05) is 30.3 Å². The van der Waals surface area contributed by atoms with E-state index in [1.54, 1.807) is 4.31 Å². The molecule has 0 saturated carbocycles. The van der Waals surface area contributed by atoms with Gasteiger partial charge in [0, 0.05) is 65.5 Å². The second kappa shape index (κ2) is 10.6. The average molecular weight is 487 g/mol. The fraction of sp³-hybridized carbons (Fsp3) is 0.583. The first-order chi connectivity index (χ1) is 16.6. The highest BCUT2D eigenvalue weighted by atomic mass is 32.2. The van der Waals surface area contributed by atoms with Gasteiger partial charge in [0.05, 0.1) is 11.9 Å². The van der Waals surface area contributed by atoms with Crippen LogP contribution in [0, 0.1) is 0 Å². The van der Waals surface area contributed by atoms with Crippen LogP contribution in [0.15, 0.2) is 42.5 Å². The van der Waals surface area contributed by atoms with E-state index in [1.807, 2.05) is 42.5 Å². The summed E-state index contributed by atoms with van der Waals surface area (Å²) in [6, 6.07) is 13.4. The van der Waals surface area contributed by atoms with E-state index in [1.165, 1.54) is 12.8 Å². The molecule has 34 heavy (non-hydrogen) atoms. The maximum Gasteiger partial charge on any atom is 0.218 e. The SMILES string of the molecule is O=S(=O)(Cc1ccccc1)N1CCN(c2ccc(N3CCN(CC4CCCO4)CC3)nn2)CC1. The van der Waals surface area contributed by atoms with Gasteiger partial charge in [0.25, 0.3) is 0 Å². The molecule has 0 N–H and O–H groups in total. The third-order valence-electron chi connectivity index (χ3n) is 6.97. The zero-order valence-electron chi connectivity index (χ0n) is 19.6. The lowest BCUT2D eigenvalue weighted by Crippen LogP contribution is -2.49. The van der Waals surface area contributed by atoms with Crippen molar-refractivity contribution in [1.29, 1.82) is 0 Å². The van der Waals surface area contributed by atoms with Crippen molar-refractivity contribution in [2.75, 3.05) is 75.3 Å². The summed E-state index contributed by atoms with van der Waals surface area (Å²) in [5, 5.41) is 8.96. The molecule has 1 unspecified atom stereocenters. The van der Waals surface area contributed by atoms with Crippen LogP contribution >= 0.6 is 0 Å². The second-order valence-corrected chi connectivity index (χ2v) is 11.3. The molecular weight excluding hydrogens is 452 g/mol. The molecule has 2 aromatic rings. The van der Waals surface area contributed by atoms with Crippen molar-refractivity contribution in [2.45, 2.75) is 24.7 Å². The Kier molecular flexibility index (Phi) is 7.29. The molecular formula is C24H34N6O3S. The van der Waals surface area contributed by atoms with Crippen LogP contribution in [-0.4, -0.2) is 99.4 Å². The summed E-state index contributed by atoms with van der Waals surface area (Å²) in [5.41, 5.74) is 0.819. The van der Waals surface area contributed by atoms with E-state index < -0.39 is 10.0 Å². The Morgan fingerprint density at radius 1 is 0.824 bits per heavy atom. The van der Waals surface area contributed by atoms with Gasteiger partial charge in [-0.2, -0.15) is 4.31 Å². The number of aromatic nitrogens is 2. The molecule has 3 aliphatic rings. The summed E-state index contributed by atoms with van der Waals surface area (Å²) in [6.45, 7) is 8.02. The van der Waals surface area contributed by atoms with Crippen LogP contribution in [0.5, 0.6) is 0 Å². The number of nitrogens with zero attached hydrogens (tertiary/aromatic N) is 6. The minimum Gasteiger partial charge on any atom is -0.377 e. The lowest BCUT2D eigenvalue weighted by molar-refractivity contribution is 0.0712. The summed E-state index contributed by atoms with van der Waals surface area (Å²) in [6.07, 6.45) is 2.77. The Morgan fingerprint density at radius 3 is 2.00 bits per heavy atom. The van der Waals surface area contributed by atoms with Crippen LogP contribution in [0.25, 0.3) is 0 Å². The number of ether oxygens (including phenoxy) is 1. The molecule has 0 amide bonds. The van der Waals surface area contributed by atoms with Crippen LogP contribution in [0.4, 0.5) is 11.6 Å². The third kappa shape index (κ3) is 5.68. The summed E-state index contributed by atoms with van der Waals surface area (Å²) in [7, 11) is -3.32. The van der Waals surface area contributed by atoms with Gasteiger partial charge in [-0.25, -0.2) is 8.42 Å². The van der Waals surface area contributed by atoms with Gasteiger partial charge >= 0.3 is 0 Å². The highest BCUT2D eigenvalue weighted by Crippen LogP contribution is 2.21. The largest absolute Gasteiger partial charge is 0.377 e. The number of sulfonamides is 1. The molecule has 3 fully saturated rings. The minimum absolute atomic E-state index is 0.0449. The van der Waals surface area contributed by atoms with E-state index in [4.69, 9.17) is 4.74 Å². The molecule has 3 aliphatic heterocycles. The fourth-order valence-corrected chi connectivity index (χ4v) is 6.48. The topological polar surface area (TPSA) is 82.1 Å². The zero-order chi connectivity index (χ0) is 23.4. The summed E-state index contributed by atoms with van der Waals surface area (Å²) in [5.74, 6) is 1.76. The highest BCUT2D eigenvalue weighted by molar-refractivity contribution is 7.88. The van der Waals surface area contributed by atoms with E-state index in [0.29, 0.717) is 32.3 Å². The Morgan fingerprint density at radius 2 is 1.44 bits per heavy atom. The summed E-state index contributed by atoms with van der Waals surface area (Å²) in [4.78, 5) is 6.89. The fourth-order valence-electron chi connectivity index (χ4n) is 4.96. The minimum atomic E-state index is -3.32. The van der Waals surface area contributed by atoms with Crippen molar-refractivity contribution >= 4 is 21.7 Å². The molecule has 10 heteroatoms. The van der Waals surface area contributed by atoms with E-state index in [-0.39, 0.29) is 5.75 Å². The molecule has 0 radical (unpaired) electrons. The maximum atomic E-state index is 12.8. The van der Waals surface area contributed by atoms with E-state index >= 15 is 0 Å². The predicted molar refractivity (Wildman–Crippen MR) is 133 cm³/mol. The molecule has 1 atom stereocenters. The van der Waals surface area contributed by atoms with E-state index in [0.717, 1.165) is 56.5 Å². The lowest BCUT2D eigenvalue weighted by Gasteiger charge is -2.36. The smallest absolute Gasteiger partial charge is 0.218 e. The van der Waals surface area contributed by atoms with Crippen molar-refractivity contribution in [3.05, 3.63) is 48.0 Å². The normalized spacial score (nSPS) is 22.9. The van der Waals surface area contributed by atoms with Gasteiger partial charge in [-0.3, -0.25) is 4.90 Å². The quantitative estimate of drug-likeness (QED) is 0.582. The molecule has 0 spiro atoms. The molecule has 4 heterocycles. The molecule has 0 bridgehead atoms. The Balaban J connectivity index is 1.10. The Hall–Kier alpha value is -2.27. The highest BCUT2D eigenvalue weighted by Gasteiger charge is 2.28. The molecule has 3 saturated heterocycles. The summed E-state index contributed by atoms with van der Waals surface area (Å²) < 4.78 is 33.0. The van der Waals surface area contributed by atoms with Crippen LogP contribution < -0.4 is 9.80 Å². The van der Waals surface area contributed by atoms with Gasteiger partial charge in [0.15, 0.2) is 11.6 Å². The predicted octanol–water partition coefficient (Wildman–Crippen LogP) is 1.43. The van der Waals surface area contributed by atoms with Crippen LogP contribution in [0.3, 0.4) is 0 Å². The number of rotatable bonds is 7. The molecule has 1 aromatic carbocycles. The number of hydrogen-bond acceptors (Lipinski definition) is 8. The molecule has 0 aliphatic carbocycles. The average Bonchev–Trinajstić information content (AvgIpc) is 3.38. The second-order valence-electron chi connectivity index (χ2n) is 9.30. The van der Waals surface area contributed by atoms with Crippen molar-refractivity contribution in [3.8, 4) is 0 Å². The van der Waals surface area contributed by atoms with Gasteiger partial charge in [0.1, 0.15) is 0 Å². The number of hydrogen-bond donors (Lipinski definition) is 0. The Bertz CT molecular complexity index is 1010. The number of anilines is 2. The van der Waals surface area contributed by atoms with Crippen LogP contribution in [0.2, 0.25) is 0 Å². The Labute approximate surface area is 202 Å². The first-order valence-corrected chi connectivity index (χ1v) is 13.9. The maximum absolute atomic E-state index is 12.8. The van der Waals surface area contributed by atoms with Crippen LogP contribution in [-0.2, 0) is 20.5 Å². The third-order valence-corrected chi connectivity index (χ3v) is 8.82. The zero-order valence-corrected chi connectivity index (χ0v) is 20.4. The van der Waals surface area contributed by atoms with Gasteiger partial charge in [0.2, 0.25) is 10.0 Å². The summed E-state index contributed by atoms with van der Waals surface area (Å²) >= 11 is 0. The molecule has 1 aromatic heterocycles. The van der Waals surface area contributed by atoms with Crippen LogP contribution in [0.1, 0.15) is 18.4 Å². The lowest BCUT2D eigenvalue weighted by atomic mass is 10.2. The monoisotopic (exact) mass is 486 g/mol. The van der Waals surface area contributed by atoms with E-state index in [2.05, 4.69) is 24.9 Å². The van der Waals surface area contributed by atoms with Gasteiger partial charge in [-0.05, 0) is 30.5 Å². The van der Waals surface area contributed by atoms with Gasteiger partial charge < -0.3 is 14.5 Å². The first-order valence-electron chi connectivity index (χ1n) is 12.3. The number of piperazine rings is 2.